The molecule has 2 N–H and O–H groups in total. The zero-order chi connectivity index (χ0) is 7.40. The second-order valence-corrected chi connectivity index (χ2v) is 2.80. The van der Waals surface area contributed by atoms with Crippen molar-refractivity contribution in [3.8, 4) is 0 Å². The lowest BCUT2D eigenvalue weighted by Crippen LogP contribution is -2.34. The minimum Gasteiger partial charge on any atom is -0.393 e. The zero-order valence-corrected chi connectivity index (χ0v) is 5.92. The Kier molecular flexibility index (Phi) is 2.68. The third kappa shape index (κ3) is 1.99. The predicted octanol–water partition coefficient (Wildman–Crippen LogP) is 0.0359. The average molecular weight is 143 g/mol. The summed E-state index contributed by atoms with van der Waals surface area (Å²) in [6.45, 7) is 0. The first-order valence-electron chi connectivity index (χ1n) is 3.70. The molecular weight excluding hydrogens is 130 g/mol. The molecule has 3 nitrogen and oxygen atoms in total. The highest BCUT2D eigenvalue weighted by Gasteiger charge is 2.18. The lowest BCUT2D eigenvalue weighted by Gasteiger charge is -2.24. The molecule has 0 unspecified atom stereocenters. The summed E-state index contributed by atoms with van der Waals surface area (Å²) in [5.41, 5.74) is 0. The lowest BCUT2D eigenvalue weighted by molar-refractivity contribution is -0.110. The molecule has 0 aromatic rings. The van der Waals surface area contributed by atoms with Gasteiger partial charge in [-0.25, -0.2) is 0 Å². The lowest BCUT2D eigenvalue weighted by atomic mass is 9.93. The molecule has 0 aliphatic heterocycles. The van der Waals surface area contributed by atoms with E-state index in [1.165, 1.54) is 0 Å². The van der Waals surface area contributed by atoms with E-state index in [0.29, 0.717) is 6.41 Å². The van der Waals surface area contributed by atoms with Gasteiger partial charge in [0.2, 0.25) is 6.41 Å². The monoisotopic (exact) mass is 143 g/mol. The number of nitrogens with one attached hydrogen (secondary N) is 1. The standard InChI is InChI=1S/C7H13NO2/c9-5-8-6-2-1-3-7(10)4-6/h5-7,10H,1-4H2,(H,8,9)/t6-,7-/m0/s1. The summed E-state index contributed by atoms with van der Waals surface area (Å²) in [5.74, 6) is 0. The molecule has 58 valence electrons. The fourth-order valence-electron chi connectivity index (χ4n) is 1.41. The van der Waals surface area contributed by atoms with Crippen molar-refractivity contribution in [2.45, 2.75) is 37.8 Å². The maximum Gasteiger partial charge on any atom is 0.207 e. The number of hydrogen-bond donors (Lipinski definition) is 2. The Balaban J connectivity index is 2.24. The molecule has 0 bridgehead atoms. The van der Waals surface area contributed by atoms with Crippen molar-refractivity contribution in [1.82, 2.24) is 5.32 Å². The molecule has 1 fully saturated rings. The summed E-state index contributed by atoms with van der Waals surface area (Å²) in [6.07, 6.45) is 4.15. The number of aliphatic hydroxyl groups excluding tert-OH is 1. The van der Waals surface area contributed by atoms with E-state index in [0.717, 1.165) is 25.7 Å². The van der Waals surface area contributed by atoms with Crippen molar-refractivity contribution in [2.24, 2.45) is 0 Å². The fourth-order valence-corrected chi connectivity index (χ4v) is 1.41. The molecule has 1 aliphatic carbocycles. The van der Waals surface area contributed by atoms with E-state index in [2.05, 4.69) is 5.32 Å². The highest BCUT2D eigenvalue weighted by atomic mass is 16.3. The van der Waals surface area contributed by atoms with Crippen molar-refractivity contribution >= 4 is 6.41 Å². The average Bonchev–Trinajstić information content (AvgIpc) is 1.88. The normalized spacial score (nSPS) is 33.3. The van der Waals surface area contributed by atoms with Gasteiger partial charge >= 0.3 is 0 Å². The first-order chi connectivity index (χ1) is 4.83. The number of aliphatic hydroxyl groups is 1. The third-order valence-electron chi connectivity index (χ3n) is 1.95. The van der Waals surface area contributed by atoms with Crippen LogP contribution in [-0.4, -0.2) is 23.7 Å². The van der Waals surface area contributed by atoms with E-state index in [1.54, 1.807) is 0 Å². The molecule has 1 rings (SSSR count). The van der Waals surface area contributed by atoms with Crippen LogP contribution in [-0.2, 0) is 4.79 Å². The summed E-state index contributed by atoms with van der Waals surface area (Å²) in [6, 6.07) is 0.209. The zero-order valence-electron chi connectivity index (χ0n) is 5.92. The summed E-state index contributed by atoms with van der Waals surface area (Å²) in [5, 5.41) is 11.8. The van der Waals surface area contributed by atoms with Gasteiger partial charge in [-0.3, -0.25) is 4.79 Å². The molecule has 0 saturated heterocycles. The van der Waals surface area contributed by atoms with Gasteiger partial charge in [-0.15, -0.1) is 0 Å². The number of amides is 1. The van der Waals surface area contributed by atoms with Crippen LogP contribution < -0.4 is 5.32 Å². The molecule has 0 radical (unpaired) electrons. The van der Waals surface area contributed by atoms with Crippen molar-refractivity contribution in [1.29, 1.82) is 0 Å². The second kappa shape index (κ2) is 3.56. The summed E-state index contributed by atoms with van der Waals surface area (Å²) in [7, 11) is 0. The van der Waals surface area contributed by atoms with Crippen molar-refractivity contribution < 1.29 is 9.90 Å². The molecule has 10 heavy (non-hydrogen) atoms. The van der Waals surface area contributed by atoms with Gasteiger partial charge in [-0.05, 0) is 25.7 Å². The number of carbonyl (C=O) groups excluding carboxylic acids is 1. The van der Waals surface area contributed by atoms with Gasteiger partial charge in [-0.2, -0.15) is 0 Å². The van der Waals surface area contributed by atoms with E-state index >= 15 is 0 Å². The first kappa shape index (κ1) is 7.54. The van der Waals surface area contributed by atoms with Crippen LogP contribution in [0.5, 0.6) is 0 Å². The highest BCUT2D eigenvalue weighted by molar-refractivity contribution is 5.46. The van der Waals surface area contributed by atoms with Gasteiger partial charge in [0.25, 0.3) is 0 Å². The Morgan fingerprint density at radius 2 is 2.30 bits per heavy atom. The molecule has 0 aromatic carbocycles. The number of hydrogen-bond acceptors (Lipinski definition) is 2. The molecule has 2 atom stereocenters. The molecule has 1 aliphatic rings. The van der Waals surface area contributed by atoms with Crippen LogP contribution in [0.1, 0.15) is 25.7 Å². The van der Waals surface area contributed by atoms with Crippen LogP contribution in [0, 0.1) is 0 Å². The van der Waals surface area contributed by atoms with Gasteiger partial charge < -0.3 is 10.4 Å². The number of rotatable bonds is 2. The van der Waals surface area contributed by atoms with Crippen LogP contribution in [0.2, 0.25) is 0 Å². The van der Waals surface area contributed by atoms with Crippen LogP contribution in [0.3, 0.4) is 0 Å². The minimum absolute atomic E-state index is 0.203. The molecule has 1 saturated carbocycles. The van der Waals surface area contributed by atoms with Gasteiger partial charge in [0, 0.05) is 6.04 Å². The maximum absolute atomic E-state index is 9.99. The van der Waals surface area contributed by atoms with Crippen LogP contribution in [0.4, 0.5) is 0 Å². The topological polar surface area (TPSA) is 49.3 Å². The molecule has 1 amide bonds. The quantitative estimate of drug-likeness (QED) is 0.536. The Hall–Kier alpha value is -0.570. The highest BCUT2D eigenvalue weighted by Crippen LogP contribution is 2.17. The van der Waals surface area contributed by atoms with E-state index in [9.17, 15) is 4.79 Å². The van der Waals surface area contributed by atoms with E-state index in [-0.39, 0.29) is 12.1 Å². The van der Waals surface area contributed by atoms with Crippen molar-refractivity contribution in [3.63, 3.8) is 0 Å². The SMILES string of the molecule is O=CN[C@H]1CCC[C@H](O)C1. The first-order valence-corrected chi connectivity index (χ1v) is 3.70. The summed E-state index contributed by atoms with van der Waals surface area (Å²) < 4.78 is 0. The van der Waals surface area contributed by atoms with Crippen LogP contribution >= 0.6 is 0 Å². The van der Waals surface area contributed by atoms with Gasteiger partial charge in [-0.1, -0.05) is 0 Å². The van der Waals surface area contributed by atoms with Crippen LogP contribution in [0.25, 0.3) is 0 Å². The molecular formula is C7H13NO2. The third-order valence-corrected chi connectivity index (χ3v) is 1.95. The van der Waals surface area contributed by atoms with Crippen molar-refractivity contribution in [3.05, 3.63) is 0 Å². The molecule has 0 spiro atoms. The second-order valence-electron chi connectivity index (χ2n) is 2.80. The maximum atomic E-state index is 9.99. The van der Waals surface area contributed by atoms with Crippen molar-refractivity contribution in [2.75, 3.05) is 0 Å². The smallest absolute Gasteiger partial charge is 0.207 e. The molecule has 0 heterocycles. The van der Waals surface area contributed by atoms with E-state index in [4.69, 9.17) is 5.11 Å². The van der Waals surface area contributed by atoms with Crippen LogP contribution in [0.15, 0.2) is 0 Å². The Morgan fingerprint density at radius 3 is 2.90 bits per heavy atom. The predicted molar refractivity (Wildman–Crippen MR) is 37.5 cm³/mol. The summed E-state index contributed by atoms with van der Waals surface area (Å²) >= 11 is 0. The summed E-state index contributed by atoms with van der Waals surface area (Å²) in [4.78, 5) is 9.99. The largest absolute Gasteiger partial charge is 0.393 e. The van der Waals surface area contributed by atoms with Gasteiger partial charge in [0.05, 0.1) is 6.10 Å². The molecule has 0 aromatic heterocycles. The molecule has 3 heteroatoms. The van der Waals surface area contributed by atoms with E-state index < -0.39 is 0 Å². The van der Waals surface area contributed by atoms with E-state index in [1.807, 2.05) is 0 Å². The Labute approximate surface area is 60.4 Å². The minimum atomic E-state index is -0.203. The fraction of sp³-hybridized carbons (Fsp3) is 0.857. The van der Waals surface area contributed by atoms with Gasteiger partial charge in [0.15, 0.2) is 0 Å². The van der Waals surface area contributed by atoms with Gasteiger partial charge in [0.1, 0.15) is 0 Å². The Morgan fingerprint density at radius 1 is 1.50 bits per heavy atom. The number of carbonyl (C=O) groups is 1. The Bertz CT molecular complexity index is 116.